The molecule has 0 saturated heterocycles. The molecule has 3 aromatic rings. The predicted molar refractivity (Wildman–Crippen MR) is 95.2 cm³/mol. The molecule has 5 nitrogen and oxygen atoms in total. The van der Waals surface area contributed by atoms with Crippen LogP contribution in [0.15, 0.2) is 30.5 Å². The van der Waals surface area contributed by atoms with Crippen molar-refractivity contribution in [3.05, 3.63) is 46.6 Å². The van der Waals surface area contributed by atoms with E-state index in [1.165, 1.54) is 0 Å². The lowest BCUT2D eigenvalue weighted by Gasteiger charge is -2.07. The van der Waals surface area contributed by atoms with Crippen molar-refractivity contribution in [3.8, 4) is 0 Å². The Balaban J connectivity index is 1.84. The first-order valence-corrected chi connectivity index (χ1v) is 8.63. The average molecular weight is 380 g/mol. The minimum absolute atomic E-state index is 0.0134. The van der Waals surface area contributed by atoms with Crippen LogP contribution in [0.25, 0.3) is 10.2 Å². The van der Waals surface area contributed by atoms with Crippen molar-refractivity contribution >= 4 is 39.0 Å². The number of aryl methyl sites for hydroxylation is 1. The van der Waals surface area contributed by atoms with Gasteiger partial charge in [-0.05, 0) is 30.7 Å². The van der Waals surface area contributed by atoms with Gasteiger partial charge in [-0.3, -0.25) is 4.79 Å². The zero-order chi connectivity index (χ0) is 18.9. The molecular formula is C17H15F3N4OS. The maximum absolute atomic E-state index is 12.6. The van der Waals surface area contributed by atoms with Gasteiger partial charge in [0.1, 0.15) is 15.5 Å². The third kappa shape index (κ3) is 3.62. The summed E-state index contributed by atoms with van der Waals surface area (Å²) in [6.45, 7) is 2.05. The van der Waals surface area contributed by atoms with Crippen LogP contribution in [0, 0.1) is 0 Å². The van der Waals surface area contributed by atoms with Gasteiger partial charge in [0.15, 0.2) is 0 Å². The van der Waals surface area contributed by atoms with E-state index in [1.54, 1.807) is 0 Å². The summed E-state index contributed by atoms with van der Waals surface area (Å²) >= 11 is 1.14. The number of aromatic nitrogens is 2. The molecule has 0 atom stereocenters. The molecule has 1 amide bonds. The van der Waals surface area contributed by atoms with E-state index in [9.17, 15) is 18.0 Å². The van der Waals surface area contributed by atoms with Crippen molar-refractivity contribution < 1.29 is 18.0 Å². The van der Waals surface area contributed by atoms with Gasteiger partial charge >= 0.3 is 6.18 Å². The number of carbonyl (C=O) groups is 1. The number of rotatable bonds is 4. The molecule has 0 spiro atoms. The molecule has 0 bridgehead atoms. The number of anilines is 2. The molecular weight excluding hydrogens is 365 g/mol. The maximum atomic E-state index is 12.6. The van der Waals surface area contributed by atoms with Crippen LogP contribution in [0.2, 0.25) is 0 Å². The van der Waals surface area contributed by atoms with Crippen molar-refractivity contribution in [2.75, 3.05) is 11.1 Å². The first-order valence-electron chi connectivity index (χ1n) is 7.82. The van der Waals surface area contributed by atoms with Gasteiger partial charge in [0.05, 0.1) is 11.3 Å². The minimum atomic E-state index is -4.48. The molecule has 136 valence electrons. The van der Waals surface area contributed by atoms with Crippen molar-refractivity contribution in [1.29, 1.82) is 0 Å². The van der Waals surface area contributed by atoms with Gasteiger partial charge in [0.25, 0.3) is 5.91 Å². The molecule has 0 aliphatic heterocycles. The Kier molecular flexibility index (Phi) is 4.82. The third-order valence-corrected chi connectivity index (χ3v) is 4.81. The Morgan fingerprint density at radius 1 is 1.27 bits per heavy atom. The summed E-state index contributed by atoms with van der Waals surface area (Å²) < 4.78 is 37.7. The molecule has 3 heterocycles. The zero-order valence-corrected chi connectivity index (χ0v) is 14.5. The number of thiophene rings is 1. The van der Waals surface area contributed by atoms with Gasteiger partial charge in [-0.15, -0.1) is 11.3 Å². The Labute approximate surface area is 151 Å². The normalized spacial score (nSPS) is 11.7. The number of alkyl halides is 3. The fourth-order valence-corrected chi connectivity index (χ4v) is 3.42. The lowest BCUT2D eigenvalue weighted by atomic mass is 10.2. The van der Waals surface area contributed by atoms with Crippen LogP contribution in [-0.2, 0) is 12.6 Å². The van der Waals surface area contributed by atoms with Crippen molar-refractivity contribution in [3.63, 3.8) is 0 Å². The smallest absolute Gasteiger partial charge is 0.397 e. The average Bonchev–Trinajstić information content (AvgIpc) is 2.91. The summed E-state index contributed by atoms with van der Waals surface area (Å²) in [5, 5.41) is 3.14. The summed E-state index contributed by atoms with van der Waals surface area (Å²) in [5.41, 5.74) is 6.37. The zero-order valence-electron chi connectivity index (χ0n) is 13.7. The quantitative estimate of drug-likeness (QED) is 0.698. The maximum Gasteiger partial charge on any atom is 0.417 e. The minimum Gasteiger partial charge on any atom is -0.397 e. The number of hydrogen-bond donors (Lipinski definition) is 2. The van der Waals surface area contributed by atoms with Crippen LogP contribution in [-0.4, -0.2) is 15.9 Å². The van der Waals surface area contributed by atoms with E-state index in [2.05, 4.69) is 15.3 Å². The molecule has 0 aliphatic carbocycles. The van der Waals surface area contributed by atoms with E-state index in [4.69, 9.17) is 5.73 Å². The molecule has 3 aromatic heterocycles. The van der Waals surface area contributed by atoms with Gasteiger partial charge < -0.3 is 11.1 Å². The number of nitrogens with two attached hydrogens (primary N) is 1. The third-order valence-electron chi connectivity index (χ3n) is 3.70. The van der Waals surface area contributed by atoms with Crippen LogP contribution in [0.3, 0.4) is 0 Å². The highest BCUT2D eigenvalue weighted by Gasteiger charge is 2.30. The molecule has 0 saturated carbocycles. The summed E-state index contributed by atoms with van der Waals surface area (Å²) in [4.78, 5) is 21.5. The summed E-state index contributed by atoms with van der Waals surface area (Å²) in [5.74, 6) is -0.519. The fourth-order valence-electron chi connectivity index (χ4n) is 2.41. The predicted octanol–water partition coefficient (Wildman–Crippen LogP) is 4.50. The Bertz CT molecular complexity index is 951. The molecule has 0 unspecified atom stereocenters. The monoisotopic (exact) mass is 380 g/mol. The van der Waals surface area contributed by atoms with Crippen molar-refractivity contribution in [1.82, 2.24) is 9.97 Å². The van der Waals surface area contributed by atoms with E-state index in [1.807, 2.05) is 19.1 Å². The van der Waals surface area contributed by atoms with Gasteiger partial charge in [-0.1, -0.05) is 13.3 Å². The van der Waals surface area contributed by atoms with E-state index in [0.717, 1.165) is 42.0 Å². The summed E-state index contributed by atoms with van der Waals surface area (Å²) in [7, 11) is 0. The Morgan fingerprint density at radius 3 is 2.65 bits per heavy atom. The van der Waals surface area contributed by atoms with Crippen LogP contribution < -0.4 is 11.1 Å². The van der Waals surface area contributed by atoms with Gasteiger partial charge in [0, 0.05) is 17.3 Å². The first-order chi connectivity index (χ1) is 12.3. The van der Waals surface area contributed by atoms with E-state index < -0.39 is 17.6 Å². The van der Waals surface area contributed by atoms with E-state index in [0.29, 0.717) is 22.1 Å². The van der Waals surface area contributed by atoms with Crippen molar-refractivity contribution in [2.45, 2.75) is 25.9 Å². The highest BCUT2D eigenvalue weighted by atomic mass is 32.1. The fraction of sp³-hybridized carbons (Fsp3) is 0.235. The van der Waals surface area contributed by atoms with Gasteiger partial charge in [-0.25, -0.2) is 9.97 Å². The number of nitrogens with zero attached hydrogens (tertiary/aromatic N) is 2. The second kappa shape index (κ2) is 6.91. The molecule has 3 rings (SSSR count). The molecule has 9 heteroatoms. The van der Waals surface area contributed by atoms with Gasteiger partial charge in [-0.2, -0.15) is 13.2 Å². The van der Waals surface area contributed by atoms with Crippen molar-refractivity contribution in [2.24, 2.45) is 0 Å². The number of amides is 1. The lowest BCUT2D eigenvalue weighted by molar-refractivity contribution is -0.137. The number of nitrogen functional groups attached to an aromatic ring is 1. The summed E-state index contributed by atoms with van der Waals surface area (Å²) in [6.07, 6.45) is -2.03. The Morgan fingerprint density at radius 2 is 2.04 bits per heavy atom. The number of pyridine rings is 2. The molecule has 0 fully saturated rings. The number of halogens is 3. The molecule has 0 aromatic carbocycles. The molecule has 0 radical (unpaired) electrons. The topological polar surface area (TPSA) is 80.9 Å². The SMILES string of the molecule is CCCc1ccc2c(N)c(C(=O)Nc3ccc(C(F)(F)F)cn3)sc2n1. The van der Waals surface area contributed by atoms with Crippen LogP contribution in [0.5, 0.6) is 0 Å². The molecule has 3 N–H and O–H groups in total. The number of hydrogen-bond acceptors (Lipinski definition) is 5. The number of fused-ring (bicyclic) bond motifs is 1. The molecule has 26 heavy (non-hydrogen) atoms. The number of nitrogens with one attached hydrogen (secondary N) is 1. The molecule has 0 aliphatic rings. The van der Waals surface area contributed by atoms with Crippen LogP contribution >= 0.6 is 11.3 Å². The second-order valence-corrected chi connectivity index (χ2v) is 6.63. The largest absolute Gasteiger partial charge is 0.417 e. The summed E-state index contributed by atoms with van der Waals surface area (Å²) in [6, 6.07) is 5.65. The highest BCUT2D eigenvalue weighted by Crippen LogP contribution is 2.33. The standard InChI is InChI=1S/C17H15F3N4OS/c1-2-3-10-5-6-11-13(21)14(26-16(11)23-10)15(25)24-12-7-4-9(8-22-12)17(18,19)20/h4-8H,2-3,21H2,1H3,(H,22,24,25). The first kappa shape index (κ1) is 18.1. The van der Waals surface area contributed by atoms with E-state index >= 15 is 0 Å². The number of carbonyl (C=O) groups excluding carboxylic acids is 1. The van der Waals surface area contributed by atoms with E-state index in [-0.39, 0.29) is 10.7 Å². The highest BCUT2D eigenvalue weighted by molar-refractivity contribution is 7.21. The van der Waals surface area contributed by atoms with Crippen LogP contribution in [0.4, 0.5) is 24.7 Å². The second-order valence-electron chi connectivity index (χ2n) is 5.63. The van der Waals surface area contributed by atoms with Gasteiger partial charge in [0.2, 0.25) is 0 Å². The Hall–Kier alpha value is -2.68. The van der Waals surface area contributed by atoms with Crippen LogP contribution in [0.1, 0.15) is 34.3 Å². The lowest BCUT2D eigenvalue weighted by Crippen LogP contribution is -2.13.